The molecule has 0 spiro atoms. The number of benzene rings is 2. The van der Waals surface area contributed by atoms with Crippen LogP contribution < -0.4 is 4.74 Å². The van der Waals surface area contributed by atoms with Gasteiger partial charge in [0.25, 0.3) is 0 Å². The smallest absolute Gasteiger partial charge is 0.387 e. The molecule has 2 rings (SSSR count). The van der Waals surface area contributed by atoms with Crippen LogP contribution >= 0.6 is 0 Å². The van der Waals surface area contributed by atoms with Crippen molar-refractivity contribution < 1.29 is 18.6 Å². The van der Waals surface area contributed by atoms with E-state index in [1.165, 1.54) is 12.1 Å². The van der Waals surface area contributed by atoms with Gasteiger partial charge in [0.2, 0.25) is 0 Å². The lowest BCUT2D eigenvalue weighted by atomic mass is 10.1. The highest BCUT2D eigenvalue weighted by atomic mass is 19.3. The third-order valence-corrected chi connectivity index (χ3v) is 2.79. The minimum Gasteiger partial charge on any atom is -0.435 e. The molecule has 110 valence electrons. The van der Waals surface area contributed by atoms with E-state index >= 15 is 0 Å². The van der Waals surface area contributed by atoms with Gasteiger partial charge in [0, 0.05) is 6.21 Å². The first-order valence-corrected chi connectivity index (χ1v) is 6.43. The summed E-state index contributed by atoms with van der Waals surface area (Å²) >= 11 is 0. The van der Waals surface area contributed by atoms with E-state index in [1.54, 1.807) is 18.3 Å². The fourth-order valence-corrected chi connectivity index (χ4v) is 1.80. The average molecular weight is 291 g/mol. The van der Waals surface area contributed by atoms with E-state index in [2.05, 4.69) is 9.73 Å². The Balaban J connectivity index is 1.97. The van der Waals surface area contributed by atoms with Crippen LogP contribution in [0.2, 0.25) is 0 Å². The normalized spacial score (nSPS) is 12.8. The number of hydrogen-bond acceptors (Lipinski definition) is 3. The van der Waals surface area contributed by atoms with E-state index in [0.29, 0.717) is 5.56 Å². The molecule has 0 amide bonds. The summed E-state index contributed by atoms with van der Waals surface area (Å²) in [5.41, 5.74) is 1.41. The Hall–Kier alpha value is -2.27. The third-order valence-electron chi connectivity index (χ3n) is 2.79. The second kappa shape index (κ2) is 7.50. The number of aliphatic hydroxyl groups excluding tert-OH is 1. The summed E-state index contributed by atoms with van der Waals surface area (Å²) in [7, 11) is 0. The summed E-state index contributed by atoms with van der Waals surface area (Å²) in [6, 6.07) is 15.5. The average Bonchev–Trinajstić information content (AvgIpc) is 2.48. The molecular weight excluding hydrogens is 276 g/mol. The second-order valence-corrected chi connectivity index (χ2v) is 4.37. The van der Waals surface area contributed by atoms with Crippen molar-refractivity contribution in [1.29, 1.82) is 0 Å². The number of halogens is 2. The van der Waals surface area contributed by atoms with Gasteiger partial charge in [-0.05, 0) is 23.3 Å². The highest BCUT2D eigenvalue weighted by Crippen LogP contribution is 2.21. The van der Waals surface area contributed by atoms with Gasteiger partial charge < -0.3 is 9.84 Å². The summed E-state index contributed by atoms with van der Waals surface area (Å²) in [5.74, 6) is 0.0218. The second-order valence-electron chi connectivity index (χ2n) is 4.37. The predicted octanol–water partition coefficient (Wildman–Crippen LogP) is 3.44. The Bertz CT molecular complexity index is 588. The van der Waals surface area contributed by atoms with E-state index in [1.807, 2.05) is 30.3 Å². The number of alkyl halides is 2. The Labute approximate surface area is 121 Å². The van der Waals surface area contributed by atoms with Crippen LogP contribution in [0.15, 0.2) is 59.6 Å². The SMILES string of the molecule is OC(CN=Cc1ccccc1)c1cccc(OC(F)F)c1. The van der Waals surface area contributed by atoms with Crippen LogP contribution in [0.5, 0.6) is 5.75 Å². The lowest BCUT2D eigenvalue weighted by molar-refractivity contribution is -0.0499. The van der Waals surface area contributed by atoms with Gasteiger partial charge in [0.1, 0.15) is 5.75 Å². The van der Waals surface area contributed by atoms with Gasteiger partial charge in [0.15, 0.2) is 0 Å². The fourth-order valence-electron chi connectivity index (χ4n) is 1.80. The fraction of sp³-hybridized carbons (Fsp3) is 0.188. The zero-order valence-electron chi connectivity index (χ0n) is 11.2. The van der Waals surface area contributed by atoms with Crippen LogP contribution in [-0.2, 0) is 0 Å². The first kappa shape index (κ1) is 15.1. The summed E-state index contributed by atoms with van der Waals surface area (Å²) in [6.45, 7) is -2.74. The molecule has 3 nitrogen and oxygen atoms in total. The highest BCUT2D eigenvalue weighted by molar-refractivity contribution is 5.79. The first-order chi connectivity index (χ1) is 10.1. The highest BCUT2D eigenvalue weighted by Gasteiger charge is 2.09. The van der Waals surface area contributed by atoms with Crippen LogP contribution in [-0.4, -0.2) is 24.5 Å². The molecule has 0 aromatic heterocycles. The summed E-state index contributed by atoms with van der Waals surface area (Å²) in [6.07, 6.45) is 0.786. The van der Waals surface area contributed by atoms with Gasteiger partial charge >= 0.3 is 6.61 Å². The lowest BCUT2D eigenvalue weighted by Gasteiger charge is -2.10. The number of aliphatic hydroxyl groups is 1. The molecule has 0 aliphatic rings. The number of aliphatic imine (C=N–C) groups is 1. The Kier molecular flexibility index (Phi) is 5.40. The minimum atomic E-state index is -2.88. The summed E-state index contributed by atoms with van der Waals surface area (Å²) in [4.78, 5) is 4.14. The lowest BCUT2D eigenvalue weighted by Crippen LogP contribution is -2.05. The maximum Gasteiger partial charge on any atom is 0.387 e. The van der Waals surface area contributed by atoms with Crippen LogP contribution in [0, 0.1) is 0 Å². The van der Waals surface area contributed by atoms with Crippen molar-refractivity contribution in [3.05, 3.63) is 65.7 Å². The zero-order valence-corrected chi connectivity index (χ0v) is 11.2. The third kappa shape index (κ3) is 4.96. The van der Waals surface area contributed by atoms with E-state index in [4.69, 9.17) is 0 Å². The number of ether oxygens (including phenoxy) is 1. The molecule has 0 aliphatic heterocycles. The van der Waals surface area contributed by atoms with E-state index < -0.39 is 12.7 Å². The number of rotatable bonds is 6. The van der Waals surface area contributed by atoms with Crippen LogP contribution in [0.3, 0.4) is 0 Å². The monoisotopic (exact) mass is 291 g/mol. The van der Waals surface area contributed by atoms with Crippen molar-refractivity contribution in [2.75, 3.05) is 6.54 Å². The molecule has 0 bridgehead atoms. The zero-order chi connectivity index (χ0) is 15.1. The van der Waals surface area contributed by atoms with Gasteiger partial charge in [-0.25, -0.2) is 0 Å². The Morgan fingerprint density at radius 1 is 1.10 bits per heavy atom. The quantitative estimate of drug-likeness (QED) is 0.828. The Morgan fingerprint density at radius 3 is 2.57 bits per heavy atom. The van der Waals surface area contributed by atoms with Crippen LogP contribution in [0.4, 0.5) is 8.78 Å². The summed E-state index contributed by atoms with van der Waals surface area (Å²) in [5, 5.41) is 10.0. The van der Waals surface area contributed by atoms with E-state index in [-0.39, 0.29) is 12.3 Å². The molecule has 1 unspecified atom stereocenters. The topological polar surface area (TPSA) is 41.8 Å². The molecule has 0 saturated carbocycles. The molecule has 1 atom stereocenters. The molecule has 5 heteroatoms. The Morgan fingerprint density at radius 2 is 1.86 bits per heavy atom. The van der Waals surface area contributed by atoms with Crippen LogP contribution in [0.1, 0.15) is 17.2 Å². The molecule has 0 aliphatic carbocycles. The number of hydrogen-bond donors (Lipinski definition) is 1. The minimum absolute atomic E-state index is 0.0218. The van der Waals surface area contributed by atoms with Crippen molar-refractivity contribution in [2.24, 2.45) is 4.99 Å². The van der Waals surface area contributed by atoms with Crippen molar-refractivity contribution in [2.45, 2.75) is 12.7 Å². The number of nitrogens with zero attached hydrogens (tertiary/aromatic N) is 1. The molecule has 0 heterocycles. The standard InChI is InChI=1S/C16H15F2NO2/c17-16(18)21-14-8-4-7-13(9-14)15(20)11-19-10-12-5-2-1-3-6-12/h1-10,15-16,20H,11H2. The van der Waals surface area contributed by atoms with Gasteiger partial charge in [-0.2, -0.15) is 8.78 Å². The maximum atomic E-state index is 12.1. The molecule has 0 fully saturated rings. The molecule has 1 N–H and O–H groups in total. The van der Waals surface area contributed by atoms with Crippen molar-refractivity contribution >= 4 is 6.21 Å². The molecule has 2 aromatic carbocycles. The van der Waals surface area contributed by atoms with Gasteiger partial charge in [-0.3, -0.25) is 4.99 Å². The maximum absolute atomic E-state index is 12.1. The predicted molar refractivity (Wildman–Crippen MR) is 76.9 cm³/mol. The van der Waals surface area contributed by atoms with Gasteiger partial charge in [-0.1, -0.05) is 42.5 Å². The molecule has 2 aromatic rings. The van der Waals surface area contributed by atoms with Gasteiger partial charge in [0.05, 0.1) is 12.6 Å². The van der Waals surface area contributed by atoms with Crippen molar-refractivity contribution in [3.8, 4) is 5.75 Å². The van der Waals surface area contributed by atoms with Crippen molar-refractivity contribution in [3.63, 3.8) is 0 Å². The summed E-state index contributed by atoms with van der Waals surface area (Å²) < 4.78 is 28.6. The first-order valence-electron chi connectivity index (χ1n) is 6.43. The van der Waals surface area contributed by atoms with E-state index in [9.17, 15) is 13.9 Å². The van der Waals surface area contributed by atoms with Crippen LogP contribution in [0.25, 0.3) is 0 Å². The van der Waals surface area contributed by atoms with Crippen molar-refractivity contribution in [1.82, 2.24) is 0 Å². The van der Waals surface area contributed by atoms with E-state index in [0.717, 1.165) is 5.56 Å². The largest absolute Gasteiger partial charge is 0.435 e. The molecule has 0 saturated heterocycles. The molecule has 0 radical (unpaired) electrons. The van der Waals surface area contributed by atoms with Gasteiger partial charge in [-0.15, -0.1) is 0 Å². The molecule has 21 heavy (non-hydrogen) atoms. The molecular formula is C16H15F2NO2.